The number of halogens is 1. The molecule has 2 aromatic heterocycles. The van der Waals surface area contributed by atoms with E-state index in [-0.39, 0.29) is 18.5 Å². The van der Waals surface area contributed by atoms with Crippen LogP contribution in [0.4, 0.5) is 4.39 Å². The minimum absolute atomic E-state index is 0.135. The fraction of sp³-hybridized carbons (Fsp3) is 0.278. The van der Waals surface area contributed by atoms with Crippen molar-refractivity contribution in [1.82, 2.24) is 20.1 Å². The molecule has 8 heteroatoms. The number of carbonyl (C=O) groups is 1. The van der Waals surface area contributed by atoms with E-state index in [9.17, 15) is 9.18 Å². The van der Waals surface area contributed by atoms with E-state index < -0.39 is 0 Å². The molecular weight excluding hydrogens is 355 g/mol. The Morgan fingerprint density at radius 2 is 2.12 bits per heavy atom. The fourth-order valence-corrected chi connectivity index (χ4v) is 3.40. The predicted molar refractivity (Wildman–Crippen MR) is 94.5 cm³/mol. The lowest BCUT2D eigenvalue weighted by molar-refractivity contribution is 0.0943. The molecule has 1 saturated carbocycles. The number of hydrogen-bond donors (Lipinski definition) is 1. The number of ether oxygens (including phenoxy) is 1. The molecule has 0 saturated heterocycles. The first kappa shape index (κ1) is 16.7. The molecule has 1 fully saturated rings. The van der Waals surface area contributed by atoms with Crippen LogP contribution in [0.2, 0.25) is 0 Å². The maximum atomic E-state index is 12.9. The van der Waals surface area contributed by atoms with Crippen molar-refractivity contribution in [3.05, 3.63) is 64.1 Å². The average Bonchev–Trinajstić information content (AvgIpc) is 3.20. The Kier molecular flexibility index (Phi) is 4.66. The number of benzene rings is 1. The predicted octanol–water partition coefficient (Wildman–Crippen LogP) is 3.32. The lowest BCUT2D eigenvalue weighted by atomic mass is 10.3. The minimum atomic E-state index is -0.320. The van der Waals surface area contributed by atoms with Crippen LogP contribution in [0.5, 0.6) is 5.75 Å². The molecule has 1 amide bonds. The van der Waals surface area contributed by atoms with Crippen LogP contribution in [0, 0.1) is 5.82 Å². The summed E-state index contributed by atoms with van der Waals surface area (Å²) in [6.07, 6.45) is 4.10. The highest BCUT2D eigenvalue weighted by Gasteiger charge is 2.26. The molecule has 1 aromatic carbocycles. The lowest BCUT2D eigenvalue weighted by Gasteiger charge is -2.05. The maximum Gasteiger partial charge on any atom is 0.272 e. The first-order valence-electron chi connectivity index (χ1n) is 8.32. The number of rotatable bonds is 7. The topological polar surface area (TPSA) is 69.0 Å². The van der Waals surface area contributed by atoms with Gasteiger partial charge in [0.25, 0.3) is 5.91 Å². The van der Waals surface area contributed by atoms with Crippen LogP contribution in [-0.2, 0) is 13.3 Å². The number of amides is 1. The third-order valence-corrected chi connectivity index (χ3v) is 5.03. The maximum absolute atomic E-state index is 12.9. The summed E-state index contributed by atoms with van der Waals surface area (Å²) in [5.41, 5.74) is 1.19. The van der Waals surface area contributed by atoms with Crippen LogP contribution in [0.1, 0.15) is 39.9 Å². The number of hydrogen-bond acceptors (Lipinski definition) is 5. The Morgan fingerprint density at radius 3 is 2.88 bits per heavy atom. The molecule has 1 aliphatic carbocycles. The van der Waals surface area contributed by atoms with E-state index in [1.807, 2.05) is 5.38 Å². The van der Waals surface area contributed by atoms with Crippen molar-refractivity contribution in [2.45, 2.75) is 32.0 Å². The van der Waals surface area contributed by atoms with Gasteiger partial charge in [-0.3, -0.25) is 4.79 Å². The first-order chi connectivity index (χ1) is 12.7. The van der Waals surface area contributed by atoms with E-state index >= 15 is 0 Å². The summed E-state index contributed by atoms with van der Waals surface area (Å²) >= 11 is 1.65. The summed E-state index contributed by atoms with van der Waals surface area (Å²) in [6, 6.07) is 7.35. The van der Waals surface area contributed by atoms with Crippen LogP contribution in [0.25, 0.3) is 0 Å². The van der Waals surface area contributed by atoms with Crippen molar-refractivity contribution in [2.75, 3.05) is 0 Å². The van der Waals surface area contributed by atoms with Crippen molar-refractivity contribution >= 4 is 17.2 Å². The number of carbonyl (C=O) groups excluding carboxylic acids is 1. The van der Waals surface area contributed by atoms with Crippen LogP contribution in [0.3, 0.4) is 0 Å². The van der Waals surface area contributed by atoms with E-state index in [1.165, 1.54) is 41.8 Å². The Hall–Kier alpha value is -2.74. The molecule has 0 unspecified atom stereocenters. The number of aromatic nitrogens is 3. The number of nitrogens with one attached hydrogen (secondary N) is 1. The number of nitrogens with zero attached hydrogens (tertiary/aromatic N) is 3. The summed E-state index contributed by atoms with van der Waals surface area (Å²) in [6.45, 7) is 0.525. The molecule has 0 spiro atoms. The second-order valence-corrected chi connectivity index (χ2v) is 6.99. The second kappa shape index (κ2) is 7.25. The Bertz CT molecular complexity index is 902. The van der Waals surface area contributed by atoms with Gasteiger partial charge in [-0.2, -0.15) is 5.10 Å². The van der Waals surface area contributed by atoms with Crippen molar-refractivity contribution < 1.29 is 13.9 Å². The summed E-state index contributed by atoms with van der Waals surface area (Å²) in [5, 5.41) is 10.2. The largest absolute Gasteiger partial charge is 0.471 e. The normalized spacial score (nSPS) is 13.6. The highest BCUT2D eigenvalue weighted by molar-refractivity contribution is 7.09. The quantitative estimate of drug-likeness (QED) is 0.691. The Labute approximate surface area is 153 Å². The summed E-state index contributed by atoms with van der Waals surface area (Å²) in [4.78, 5) is 16.7. The van der Waals surface area contributed by atoms with E-state index in [0.29, 0.717) is 23.9 Å². The van der Waals surface area contributed by atoms with E-state index in [2.05, 4.69) is 15.4 Å². The summed E-state index contributed by atoms with van der Waals surface area (Å²) in [7, 11) is 0. The fourth-order valence-electron chi connectivity index (χ4n) is 2.41. The van der Waals surface area contributed by atoms with Gasteiger partial charge in [0.2, 0.25) is 0 Å². The average molecular weight is 372 g/mol. The van der Waals surface area contributed by atoms with Gasteiger partial charge in [-0.25, -0.2) is 14.1 Å². The highest BCUT2D eigenvalue weighted by Crippen LogP contribution is 2.41. The van der Waals surface area contributed by atoms with Crippen molar-refractivity contribution in [3.63, 3.8) is 0 Å². The Morgan fingerprint density at radius 1 is 1.31 bits per heavy atom. The van der Waals surface area contributed by atoms with E-state index in [1.54, 1.807) is 23.6 Å². The second-order valence-electron chi connectivity index (χ2n) is 6.10. The van der Waals surface area contributed by atoms with Gasteiger partial charge in [-0.1, -0.05) is 0 Å². The third kappa shape index (κ3) is 4.08. The van der Waals surface area contributed by atoms with Crippen LogP contribution in [0.15, 0.2) is 41.9 Å². The molecule has 4 rings (SSSR count). The molecule has 2 heterocycles. The van der Waals surface area contributed by atoms with Gasteiger partial charge in [-0.05, 0) is 43.2 Å². The van der Waals surface area contributed by atoms with Crippen LogP contribution < -0.4 is 10.1 Å². The highest BCUT2D eigenvalue weighted by atomic mass is 32.1. The van der Waals surface area contributed by atoms with E-state index in [4.69, 9.17) is 4.74 Å². The summed E-state index contributed by atoms with van der Waals surface area (Å²) in [5.74, 6) is 0.579. The zero-order chi connectivity index (χ0) is 17.9. The van der Waals surface area contributed by atoms with Crippen molar-refractivity contribution in [3.8, 4) is 5.75 Å². The van der Waals surface area contributed by atoms with Gasteiger partial charge < -0.3 is 10.1 Å². The van der Waals surface area contributed by atoms with Gasteiger partial charge in [-0.15, -0.1) is 11.3 Å². The molecular formula is C18H17FN4O2S. The zero-order valence-electron chi connectivity index (χ0n) is 13.9. The van der Waals surface area contributed by atoms with Crippen molar-refractivity contribution in [2.24, 2.45) is 0 Å². The molecule has 0 bridgehead atoms. The van der Waals surface area contributed by atoms with Gasteiger partial charge in [0.05, 0.1) is 17.2 Å². The standard InChI is InChI=1S/C18H17FN4O2S/c19-13-3-5-15(6-4-13)25-11-23-8-7-16(22-23)17(24)20-9-14-10-26-18(21-14)12-1-2-12/h3-8,10,12H,1-2,9,11H2,(H,20,24). The van der Waals surface area contributed by atoms with Gasteiger partial charge in [0, 0.05) is 17.5 Å². The first-order valence-corrected chi connectivity index (χ1v) is 9.19. The molecule has 0 aliphatic heterocycles. The Balaban J connectivity index is 1.28. The lowest BCUT2D eigenvalue weighted by Crippen LogP contribution is -2.23. The summed E-state index contributed by atoms with van der Waals surface area (Å²) < 4.78 is 19.9. The van der Waals surface area contributed by atoms with E-state index in [0.717, 1.165) is 10.7 Å². The van der Waals surface area contributed by atoms with Crippen molar-refractivity contribution in [1.29, 1.82) is 0 Å². The van der Waals surface area contributed by atoms with Crippen LogP contribution >= 0.6 is 11.3 Å². The smallest absolute Gasteiger partial charge is 0.272 e. The molecule has 0 atom stereocenters. The zero-order valence-corrected chi connectivity index (χ0v) is 14.7. The third-order valence-electron chi connectivity index (χ3n) is 3.98. The van der Waals surface area contributed by atoms with Crippen LogP contribution in [-0.4, -0.2) is 20.7 Å². The molecule has 26 heavy (non-hydrogen) atoms. The molecule has 0 radical (unpaired) electrons. The SMILES string of the molecule is O=C(NCc1csc(C2CC2)n1)c1ccn(COc2ccc(F)cc2)n1. The van der Waals surface area contributed by atoms with Gasteiger partial charge in [0.1, 0.15) is 17.3 Å². The van der Waals surface area contributed by atoms with Gasteiger partial charge >= 0.3 is 0 Å². The molecule has 134 valence electrons. The molecule has 1 N–H and O–H groups in total. The molecule has 1 aliphatic rings. The monoisotopic (exact) mass is 372 g/mol. The minimum Gasteiger partial charge on any atom is -0.471 e. The number of thiazole rings is 1. The molecule has 6 nitrogen and oxygen atoms in total. The van der Waals surface area contributed by atoms with Gasteiger partial charge in [0.15, 0.2) is 6.73 Å². The molecule has 3 aromatic rings.